The molecule has 0 aliphatic rings. The summed E-state index contributed by atoms with van der Waals surface area (Å²) in [5.41, 5.74) is 2.16. The van der Waals surface area contributed by atoms with Gasteiger partial charge in [0.1, 0.15) is 0 Å². The molecular formula is C17H14N4O3. The van der Waals surface area contributed by atoms with Gasteiger partial charge in [-0.3, -0.25) is 0 Å². The van der Waals surface area contributed by atoms with E-state index in [0.717, 1.165) is 5.56 Å². The fourth-order valence-corrected chi connectivity index (χ4v) is 2.18. The molecule has 120 valence electrons. The van der Waals surface area contributed by atoms with Crippen molar-refractivity contribution in [3.05, 3.63) is 60.4 Å². The first-order chi connectivity index (χ1) is 11.7. The number of carbonyl (C=O) groups is 1. The van der Waals surface area contributed by atoms with Crippen molar-refractivity contribution in [3.63, 3.8) is 0 Å². The molecule has 7 nitrogen and oxygen atoms in total. The third kappa shape index (κ3) is 3.30. The Morgan fingerprint density at radius 1 is 1.12 bits per heavy atom. The second-order valence-electron chi connectivity index (χ2n) is 4.84. The van der Waals surface area contributed by atoms with Crippen LogP contribution in [0, 0.1) is 0 Å². The molecule has 0 spiro atoms. The Hall–Kier alpha value is -3.48. The molecule has 2 aromatic heterocycles. The third-order valence-electron chi connectivity index (χ3n) is 3.26. The SMILES string of the molecule is COc1ncccc1-c1ccnc(Nc2cccc(C(=O)O)c2)n1. The van der Waals surface area contributed by atoms with Crippen molar-refractivity contribution in [2.24, 2.45) is 0 Å². The Kier molecular flexibility index (Phi) is 4.33. The van der Waals surface area contributed by atoms with Gasteiger partial charge in [-0.25, -0.2) is 19.7 Å². The Morgan fingerprint density at radius 3 is 2.79 bits per heavy atom. The Balaban J connectivity index is 1.91. The van der Waals surface area contributed by atoms with Crippen LogP contribution in [0.2, 0.25) is 0 Å². The molecule has 0 fully saturated rings. The average Bonchev–Trinajstić information content (AvgIpc) is 2.62. The molecule has 0 saturated heterocycles. The first-order valence-corrected chi connectivity index (χ1v) is 7.10. The number of pyridine rings is 1. The van der Waals surface area contributed by atoms with Gasteiger partial charge in [-0.2, -0.15) is 0 Å². The number of aromatic nitrogens is 3. The summed E-state index contributed by atoms with van der Waals surface area (Å²) in [7, 11) is 1.55. The largest absolute Gasteiger partial charge is 0.481 e. The standard InChI is InChI=1S/C17H14N4O3/c1-24-15-13(6-3-8-18-15)14-7-9-19-17(21-14)20-12-5-2-4-11(10-12)16(22)23/h2-10H,1H3,(H,22,23)(H,19,20,21). The van der Waals surface area contributed by atoms with Gasteiger partial charge < -0.3 is 15.2 Å². The highest BCUT2D eigenvalue weighted by molar-refractivity contribution is 5.89. The van der Waals surface area contributed by atoms with Gasteiger partial charge in [0, 0.05) is 18.1 Å². The number of nitrogens with zero attached hydrogens (tertiary/aromatic N) is 3. The van der Waals surface area contributed by atoms with Crippen molar-refractivity contribution in [1.82, 2.24) is 15.0 Å². The van der Waals surface area contributed by atoms with Gasteiger partial charge in [0.05, 0.1) is 23.9 Å². The number of nitrogens with one attached hydrogen (secondary N) is 1. The van der Waals surface area contributed by atoms with Crippen LogP contribution in [0.1, 0.15) is 10.4 Å². The van der Waals surface area contributed by atoms with Gasteiger partial charge in [-0.05, 0) is 36.4 Å². The van der Waals surface area contributed by atoms with Crippen LogP contribution in [-0.4, -0.2) is 33.1 Å². The van der Waals surface area contributed by atoms with E-state index in [1.807, 2.05) is 6.07 Å². The molecule has 0 radical (unpaired) electrons. The van der Waals surface area contributed by atoms with E-state index in [1.54, 1.807) is 43.8 Å². The van der Waals surface area contributed by atoms with Gasteiger partial charge in [0.2, 0.25) is 11.8 Å². The van der Waals surface area contributed by atoms with E-state index in [9.17, 15) is 4.79 Å². The van der Waals surface area contributed by atoms with Gasteiger partial charge in [-0.1, -0.05) is 6.07 Å². The maximum Gasteiger partial charge on any atom is 0.335 e. The number of ether oxygens (including phenoxy) is 1. The second kappa shape index (κ2) is 6.74. The summed E-state index contributed by atoms with van der Waals surface area (Å²) < 4.78 is 5.24. The highest BCUT2D eigenvalue weighted by Gasteiger charge is 2.10. The zero-order valence-electron chi connectivity index (χ0n) is 12.8. The number of anilines is 2. The summed E-state index contributed by atoms with van der Waals surface area (Å²) >= 11 is 0. The molecule has 0 atom stereocenters. The van der Waals surface area contributed by atoms with E-state index in [4.69, 9.17) is 9.84 Å². The molecule has 0 aliphatic heterocycles. The predicted molar refractivity (Wildman–Crippen MR) is 88.5 cm³/mol. The molecule has 1 aromatic carbocycles. The maximum atomic E-state index is 11.0. The highest BCUT2D eigenvalue weighted by atomic mass is 16.5. The summed E-state index contributed by atoms with van der Waals surface area (Å²) in [6.07, 6.45) is 3.25. The predicted octanol–water partition coefficient (Wildman–Crippen LogP) is 2.99. The molecule has 7 heteroatoms. The van der Waals surface area contributed by atoms with Crippen LogP contribution in [0.5, 0.6) is 5.88 Å². The minimum atomic E-state index is -0.992. The van der Waals surface area contributed by atoms with Gasteiger partial charge in [0.15, 0.2) is 0 Å². The summed E-state index contributed by atoms with van der Waals surface area (Å²) in [5.74, 6) is -0.176. The lowest BCUT2D eigenvalue weighted by atomic mass is 10.2. The fraction of sp³-hybridized carbons (Fsp3) is 0.0588. The molecule has 0 unspecified atom stereocenters. The number of carboxylic acid groups (broad SMARTS) is 1. The van der Waals surface area contributed by atoms with Gasteiger partial charge >= 0.3 is 5.97 Å². The topological polar surface area (TPSA) is 97.2 Å². The molecule has 0 saturated carbocycles. The van der Waals surface area contributed by atoms with Crippen molar-refractivity contribution < 1.29 is 14.6 Å². The van der Waals surface area contributed by atoms with Crippen molar-refractivity contribution in [3.8, 4) is 17.1 Å². The van der Waals surface area contributed by atoms with Crippen LogP contribution in [0.3, 0.4) is 0 Å². The fourth-order valence-electron chi connectivity index (χ4n) is 2.18. The normalized spacial score (nSPS) is 10.2. The molecule has 24 heavy (non-hydrogen) atoms. The van der Waals surface area contributed by atoms with Gasteiger partial charge in [-0.15, -0.1) is 0 Å². The summed E-state index contributed by atoms with van der Waals surface area (Å²) in [4.78, 5) is 23.8. The first-order valence-electron chi connectivity index (χ1n) is 7.10. The molecule has 0 bridgehead atoms. The number of benzene rings is 1. The number of carboxylic acids is 1. The number of hydrogen-bond donors (Lipinski definition) is 2. The van der Waals surface area contributed by atoms with E-state index in [0.29, 0.717) is 23.2 Å². The maximum absolute atomic E-state index is 11.0. The highest BCUT2D eigenvalue weighted by Crippen LogP contribution is 2.26. The molecule has 2 heterocycles. The third-order valence-corrected chi connectivity index (χ3v) is 3.26. The molecule has 3 rings (SSSR count). The van der Waals surface area contributed by atoms with Crippen LogP contribution in [0.4, 0.5) is 11.6 Å². The Morgan fingerprint density at radius 2 is 2.00 bits per heavy atom. The van der Waals surface area contributed by atoms with Crippen molar-refractivity contribution >= 4 is 17.6 Å². The minimum absolute atomic E-state index is 0.185. The van der Waals surface area contributed by atoms with Crippen LogP contribution in [0.15, 0.2) is 54.9 Å². The molecule has 0 amide bonds. The lowest BCUT2D eigenvalue weighted by Gasteiger charge is -2.09. The van der Waals surface area contributed by atoms with Gasteiger partial charge in [0.25, 0.3) is 0 Å². The summed E-state index contributed by atoms with van der Waals surface area (Å²) in [6.45, 7) is 0. The lowest BCUT2D eigenvalue weighted by Crippen LogP contribution is -2.01. The lowest BCUT2D eigenvalue weighted by molar-refractivity contribution is 0.0697. The van der Waals surface area contributed by atoms with Crippen LogP contribution in [0.25, 0.3) is 11.3 Å². The van der Waals surface area contributed by atoms with E-state index < -0.39 is 5.97 Å². The Labute approximate surface area is 138 Å². The number of rotatable bonds is 5. The number of hydrogen-bond acceptors (Lipinski definition) is 6. The smallest absolute Gasteiger partial charge is 0.335 e. The minimum Gasteiger partial charge on any atom is -0.481 e. The van der Waals surface area contributed by atoms with E-state index in [1.165, 1.54) is 12.1 Å². The quantitative estimate of drug-likeness (QED) is 0.745. The van der Waals surface area contributed by atoms with Crippen LogP contribution < -0.4 is 10.1 Å². The van der Waals surface area contributed by atoms with Crippen molar-refractivity contribution in [2.45, 2.75) is 0 Å². The van der Waals surface area contributed by atoms with E-state index in [-0.39, 0.29) is 5.56 Å². The number of aromatic carboxylic acids is 1. The van der Waals surface area contributed by atoms with Crippen LogP contribution in [-0.2, 0) is 0 Å². The summed E-state index contributed by atoms with van der Waals surface area (Å²) in [6, 6.07) is 11.8. The van der Waals surface area contributed by atoms with E-state index >= 15 is 0 Å². The number of methoxy groups -OCH3 is 1. The Bertz CT molecular complexity index is 883. The molecule has 2 N–H and O–H groups in total. The van der Waals surface area contributed by atoms with Crippen molar-refractivity contribution in [2.75, 3.05) is 12.4 Å². The zero-order chi connectivity index (χ0) is 16.9. The average molecular weight is 322 g/mol. The second-order valence-corrected chi connectivity index (χ2v) is 4.84. The molecule has 3 aromatic rings. The molecular weight excluding hydrogens is 308 g/mol. The van der Waals surface area contributed by atoms with Crippen molar-refractivity contribution in [1.29, 1.82) is 0 Å². The molecule has 0 aliphatic carbocycles. The van der Waals surface area contributed by atoms with E-state index in [2.05, 4.69) is 20.3 Å². The zero-order valence-corrected chi connectivity index (χ0v) is 12.8. The summed E-state index contributed by atoms with van der Waals surface area (Å²) in [5, 5.41) is 12.0. The van der Waals surface area contributed by atoms with Crippen LogP contribution >= 0.6 is 0 Å². The monoisotopic (exact) mass is 322 g/mol. The first kappa shape index (κ1) is 15.4.